The van der Waals surface area contributed by atoms with E-state index < -0.39 is 0 Å². The zero-order valence-corrected chi connectivity index (χ0v) is 12.0. The number of hydrogen-bond acceptors (Lipinski definition) is 4. The van der Waals surface area contributed by atoms with E-state index in [0.717, 1.165) is 16.6 Å². The average molecular weight is 287 g/mol. The van der Waals surface area contributed by atoms with Gasteiger partial charge in [-0.2, -0.15) is 0 Å². The molecule has 4 nitrogen and oxygen atoms in total. The molecule has 5 rings (SSSR count). The predicted octanol–water partition coefficient (Wildman–Crippen LogP) is 2.12. The number of carbonyl (C=O) groups excluding carboxylic acids is 1. The van der Waals surface area contributed by atoms with E-state index in [-0.39, 0.29) is 5.91 Å². The lowest BCUT2D eigenvalue weighted by molar-refractivity contribution is 0.0618. The first kappa shape index (κ1) is 12.3. The van der Waals surface area contributed by atoms with Gasteiger partial charge in [0.2, 0.25) is 0 Å². The molecule has 1 atom stereocenters. The number of piperidine rings is 3. The first-order valence-electron chi connectivity index (χ1n) is 7.16. The summed E-state index contributed by atoms with van der Waals surface area (Å²) in [5, 5.41) is 6.31. The summed E-state index contributed by atoms with van der Waals surface area (Å²) in [5.74, 6) is 0.616. The summed E-state index contributed by atoms with van der Waals surface area (Å²) in [6.07, 6.45) is 4.22. The molecule has 3 aliphatic heterocycles. The molecule has 104 valence electrons. The van der Waals surface area contributed by atoms with E-state index in [1.807, 2.05) is 17.5 Å². The number of fused-ring (bicyclic) bond motifs is 4. The van der Waals surface area contributed by atoms with Gasteiger partial charge in [-0.1, -0.05) is 0 Å². The van der Waals surface area contributed by atoms with Crippen LogP contribution in [-0.4, -0.2) is 41.5 Å². The Hall–Kier alpha value is -1.46. The van der Waals surface area contributed by atoms with Crippen molar-refractivity contribution in [1.29, 1.82) is 0 Å². The zero-order valence-electron chi connectivity index (χ0n) is 11.2. The zero-order chi connectivity index (χ0) is 13.5. The lowest BCUT2D eigenvalue weighted by Gasteiger charge is -2.44. The number of nitrogens with one attached hydrogen (secondary N) is 1. The summed E-state index contributed by atoms with van der Waals surface area (Å²) < 4.78 is 1.13. The molecule has 3 aliphatic rings. The van der Waals surface area contributed by atoms with Gasteiger partial charge in [0.1, 0.15) is 5.69 Å². The second-order valence-electron chi connectivity index (χ2n) is 5.75. The number of carbonyl (C=O) groups is 1. The number of aromatic nitrogens is 1. The molecular formula is C15H17N3OS. The van der Waals surface area contributed by atoms with Gasteiger partial charge in [0, 0.05) is 18.8 Å². The normalized spacial score (nSPS) is 28.7. The summed E-state index contributed by atoms with van der Waals surface area (Å²) in [6.45, 7) is 3.38. The maximum absolute atomic E-state index is 12.4. The van der Waals surface area contributed by atoms with Crippen LogP contribution >= 0.6 is 11.3 Å². The maximum Gasteiger partial charge on any atom is 0.270 e. The third-order valence-corrected chi connectivity index (χ3v) is 5.41. The van der Waals surface area contributed by atoms with Crippen molar-refractivity contribution in [2.24, 2.45) is 5.92 Å². The molecule has 2 aromatic rings. The van der Waals surface area contributed by atoms with Gasteiger partial charge in [0.05, 0.1) is 4.70 Å². The molecule has 0 aromatic carbocycles. The quantitative estimate of drug-likeness (QED) is 0.920. The van der Waals surface area contributed by atoms with Gasteiger partial charge in [0.15, 0.2) is 0 Å². The topological polar surface area (TPSA) is 45.2 Å². The molecule has 2 aromatic heterocycles. The summed E-state index contributed by atoms with van der Waals surface area (Å²) in [4.78, 5) is 19.1. The van der Waals surface area contributed by atoms with Gasteiger partial charge >= 0.3 is 0 Å². The first-order chi connectivity index (χ1) is 9.79. The molecule has 0 aliphatic carbocycles. The number of rotatable bonds is 2. The van der Waals surface area contributed by atoms with Gasteiger partial charge in [0.25, 0.3) is 5.91 Å². The van der Waals surface area contributed by atoms with Crippen LogP contribution in [0.2, 0.25) is 0 Å². The number of thiophene rings is 1. The number of amides is 1. The van der Waals surface area contributed by atoms with Crippen molar-refractivity contribution >= 4 is 27.3 Å². The second-order valence-corrected chi connectivity index (χ2v) is 6.69. The van der Waals surface area contributed by atoms with E-state index in [4.69, 9.17) is 0 Å². The van der Waals surface area contributed by atoms with Crippen LogP contribution in [0.5, 0.6) is 0 Å². The minimum absolute atomic E-state index is 0.0307. The predicted molar refractivity (Wildman–Crippen MR) is 80.0 cm³/mol. The van der Waals surface area contributed by atoms with Gasteiger partial charge in [-0.25, -0.2) is 4.98 Å². The Balaban J connectivity index is 1.52. The summed E-state index contributed by atoms with van der Waals surface area (Å²) in [6, 6.07) is 4.22. The van der Waals surface area contributed by atoms with Crippen LogP contribution in [0.4, 0.5) is 0 Å². The highest BCUT2D eigenvalue weighted by Crippen LogP contribution is 2.27. The Kier molecular flexibility index (Phi) is 2.97. The molecule has 3 fully saturated rings. The van der Waals surface area contributed by atoms with Crippen molar-refractivity contribution in [2.75, 3.05) is 19.6 Å². The van der Waals surface area contributed by atoms with Gasteiger partial charge < -0.3 is 10.2 Å². The molecule has 0 saturated carbocycles. The van der Waals surface area contributed by atoms with Crippen molar-refractivity contribution in [3.05, 3.63) is 29.4 Å². The van der Waals surface area contributed by atoms with Crippen LogP contribution in [0.15, 0.2) is 23.7 Å². The van der Waals surface area contributed by atoms with Crippen molar-refractivity contribution in [2.45, 2.75) is 18.9 Å². The van der Waals surface area contributed by atoms with Crippen LogP contribution in [-0.2, 0) is 0 Å². The average Bonchev–Trinajstić information content (AvgIpc) is 2.96. The van der Waals surface area contributed by atoms with E-state index in [2.05, 4.69) is 15.2 Å². The minimum Gasteiger partial charge on any atom is -0.346 e. The fourth-order valence-electron chi connectivity index (χ4n) is 3.36. The Morgan fingerprint density at radius 3 is 3.00 bits per heavy atom. The van der Waals surface area contributed by atoms with Gasteiger partial charge in [-0.3, -0.25) is 4.79 Å². The van der Waals surface area contributed by atoms with Crippen LogP contribution < -0.4 is 5.32 Å². The molecule has 5 heteroatoms. The van der Waals surface area contributed by atoms with Gasteiger partial charge in [-0.05, 0) is 54.7 Å². The summed E-state index contributed by atoms with van der Waals surface area (Å²) in [5.41, 5.74) is 0.535. The highest BCUT2D eigenvalue weighted by Gasteiger charge is 2.35. The van der Waals surface area contributed by atoms with E-state index >= 15 is 0 Å². The maximum atomic E-state index is 12.4. The van der Waals surface area contributed by atoms with E-state index in [1.165, 1.54) is 25.9 Å². The molecule has 0 unspecified atom stereocenters. The van der Waals surface area contributed by atoms with E-state index in [0.29, 0.717) is 17.7 Å². The Morgan fingerprint density at radius 1 is 1.40 bits per heavy atom. The molecule has 1 amide bonds. The van der Waals surface area contributed by atoms with Crippen LogP contribution in [0.3, 0.4) is 0 Å². The third-order valence-electron chi connectivity index (χ3n) is 4.55. The van der Waals surface area contributed by atoms with Gasteiger partial charge in [-0.15, -0.1) is 11.3 Å². The molecule has 20 heavy (non-hydrogen) atoms. The molecule has 5 heterocycles. The highest BCUT2D eigenvalue weighted by atomic mass is 32.1. The third kappa shape index (κ3) is 2.11. The van der Waals surface area contributed by atoms with Crippen LogP contribution in [0, 0.1) is 5.92 Å². The van der Waals surface area contributed by atoms with E-state index in [9.17, 15) is 4.79 Å². The molecule has 3 saturated heterocycles. The molecule has 0 spiro atoms. The largest absolute Gasteiger partial charge is 0.346 e. The molecule has 0 radical (unpaired) electrons. The minimum atomic E-state index is -0.0307. The Bertz CT molecular complexity index is 645. The van der Waals surface area contributed by atoms with Crippen molar-refractivity contribution in [3.8, 4) is 0 Å². The van der Waals surface area contributed by atoms with Crippen molar-refractivity contribution < 1.29 is 4.79 Å². The summed E-state index contributed by atoms with van der Waals surface area (Å²) >= 11 is 1.65. The summed E-state index contributed by atoms with van der Waals surface area (Å²) in [7, 11) is 0. The molecule has 1 N–H and O–H groups in total. The standard InChI is InChI=1S/C15H17N3OS/c19-15(12-7-11-3-6-20-14(11)8-16-12)17-13-9-18-4-1-10(13)2-5-18/h3,6-8,10,13H,1-2,4-5,9H2,(H,17,19)/t13-/m1/s1. The van der Waals surface area contributed by atoms with Crippen molar-refractivity contribution in [3.63, 3.8) is 0 Å². The highest BCUT2D eigenvalue weighted by molar-refractivity contribution is 7.17. The van der Waals surface area contributed by atoms with Crippen LogP contribution in [0.1, 0.15) is 23.3 Å². The smallest absolute Gasteiger partial charge is 0.270 e. The first-order valence-corrected chi connectivity index (χ1v) is 8.04. The monoisotopic (exact) mass is 287 g/mol. The SMILES string of the molecule is O=C(N[C@@H]1CN2CCC1CC2)c1cc2ccsc2cn1. The number of hydrogen-bond donors (Lipinski definition) is 1. The van der Waals surface area contributed by atoms with Crippen molar-refractivity contribution in [1.82, 2.24) is 15.2 Å². The Morgan fingerprint density at radius 2 is 2.25 bits per heavy atom. The lowest BCUT2D eigenvalue weighted by Crippen LogP contribution is -2.57. The molecule has 2 bridgehead atoms. The Labute approximate surface area is 121 Å². The van der Waals surface area contributed by atoms with E-state index in [1.54, 1.807) is 17.5 Å². The fourth-order valence-corrected chi connectivity index (χ4v) is 4.10. The fraction of sp³-hybridized carbons (Fsp3) is 0.467. The number of pyridine rings is 1. The van der Waals surface area contributed by atoms with Crippen LogP contribution in [0.25, 0.3) is 10.1 Å². The second kappa shape index (κ2) is 4.82. The lowest BCUT2D eigenvalue weighted by atomic mass is 9.84. The molecular weight excluding hydrogens is 270 g/mol. The number of nitrogens with zero attached hydrogens (tertiary/aromatic N) is 2.